The molecule has 2 fully saturated rings. The quantitative estimate of drug-likeness (QED) is 0.721. The van der Waals surface area contributed by atoms with Crippen molar-refractivity contribution in [2.24, 2.45) is 23.5 Å². The standard InChI is InChI=1S/C14H24N2O2S/c1-18-9-8-16(7-6-12(15)19)14(17)13-10-4-2-3-5-11(10)13/h10-11,13H,2-9H2,1H3,(H2,15,19). The van der Waals surface area contributed by atoms with Gasteiger partial charge < -0.3 is 15.4 Å². The molecule has 0 aromatic carbocycles. The van der Waals surface area contributed by atoms with Crippen LogP contribution in [-0.2, 0) is 9.53 Å². The van der Waals surface area contributed by atoms with Crippen LogP contribution in [0.1, 0.15) is 32.1 Å². The molecule has 0 aliphatic heterocycles. The van der Waals surface area contributed by atoms with Crippen LogP contribution in [0, 0.1) is 17.8 Å². The van der Waals surface area contributed by atoms with E-state index in [9.17, 15) is 4.79 Å². The van der Waals surface area contributed by atoms with Gasteiger partial charge in [0.15, 0.2) is 0 Å². The van der Waals surface area contributed by atoms with Crippen LogP contribution < -0.4 is 5.73 Å². The van der Waals surface area contributed by atoms with Crippen molar-refractivity contribution in [1.82, 2.24) is 4.90 Å². The van der Waals surface area contributed by atoms with Crippen molar-refractivity contribution in [2.75, 3.05) is 26.8 Å². The van der Waals surface area contributed by atoms with Gasteiger partial charge in [0.1, 0.15) is 0 Å². The normalized spacial score (nSPS) is 28.6. The summed E-state index contributed by atoms with van der Waals surface area (Å²) in [7, 11) is 1.66. The van der Waals surface area contributed by atoms with Gasteiger partial charge in [0, 0.05) is 32.5 Å². The van der Waals surface area contributed by atoms with Gasteiger partial charge in [0.2, 0.25) is 5.91 Å². The summed E-state index contributed by atoms with van der Waals surface area (Å²) in [6.07, 6.45) is 5.64. The van der Waals surface area contributed by atoms with Gasteiger partial charge in [-0.05, 0) is 24.7 Å². The van der Waals surface area contributed by atoms with Gasteiger partial charge in [0.05, 0.1) is 11.6 Å². The number of methoxy groups -OCH3 is 1. The third-order valence-electron chi connectivity index (χ3n) is 4.45. The van der Waals surface area contributed by atoms with Crippen LogP contribution in [0.4, 0.5) is 0 Å². The Morgan fingerprint density at radius 3 is 2.47 bits per heavy atom. The number of ether oxygens (including phenoxy) is 1. The van der Waals surface area contributed by atoms with Gasteiger partial charge >= 0.3 is 0 Å². The van der Waals surface area contributed by atoms with Crippen LogP contribution in [0.25, 0.3) is 0 Å². The fourth-order valence-corrected chi connectivity index (χ4v) is 3.44. The third kappa shape index (κ3) is 3.66. The molecule has 0 aromatic heterocycles. The number of thiocarbonyl (C=S) groups is 1. The van der Waals surface area contributed by atoms with Gasteiger partial charge in [-0.3, -0.25) is 4.79 Å². The van der Waals surface area contributed by atoms with Crippen LogP contribution in [0.2, 0.25) is 0 Å². The second kappa shape index (κ2) is 6.66. The van der Waals surface area contributed by atoms with Crippen LogP contribution in [-0.4, -0.2) is 42.6 Å². The highest BCUT2D eigenvalue weighted by molar-refractivity contribution is 7.80. The Bertz CT molecular complexity index is 336. The van der Waals surface area contributed by atoms with Gasteiger partial charge in [-0.15, -0.1) is 0 Å². The zero-order chi connectivity index (χ0) is 13.8. The summed E-state index contributed by atoms with van der Waals surface area (Å²) < 4.78 is 5.09. The van der Waals surface area contributed by atoms with E-state index in [2.05, 4.69) is 0 Å². The molecule has 0 radical (unpaired) electrons. The first kappa shape index (κ1) is 14.7. The summed E-state index contributed by atoms with van der Waals surface area (Å²) in [4.78, 5) is 14.9. The zero-order valence-electron chi connectivity index (χ0n) is 11.6. The number of nitrogens with two attached hydrogens (primary N) is 1. The van der Waals surface area contributed by atoms with E-state index in [1.807, 2.05) is 4.90 Å². The number of carbonyl (C=O) groups excluding carboxylic acids is 1. The molecule has 0 saturated heterocycles. The first-order chi connectivity index (χ1) is 9.15. The molecule has 108 valence electrons. The highest BCUT2D eigenvalue weighted by Gasteiger charge is 2.55. The van der Waals surface area contributed by atoms with E-state index in [1.54, 1.807) is 7.11 Å². The number of hydrogen-bond donors (Lipinski definition) is 1. The summed E-state index contributed by atoms with van der Waals surface area (Å²) >= 11 is 4.90. The monoisotopic (exact) mass is 284 g/mol. The lowest BCUT2D eigenvalue weighted by molar-refractivity contribution is -0.133. The summed E-state index contributed by atoms with van der Waals surface area (Å²) in [5.41, 5.74) is 5.54. The molecule has 0 spiro atoms. The highest BCUT2D eigenvalue weighted by atomic mass is 32.1. The molecule has 2 aliphatic carbocycles. The zero-order valence-corrected chi connectivity index (χ0v) is 12.5. The molecule has 19 heavy (non-hydrogen) atoms. The Morgan fingerprint density at radius 2 is 1.95 bits per heavy atom. The minimum Gasteiger partial charge on any atom is -0.393 e. The molecule has 2 atom stereocenters. The number of amides is 1. The van der Waals surface area contributed by atoms with E-state index < -0.39 is 0 Å². The maximum absolute atomic E-state index is 12.6. The Hall–Kier alpha value is -0.680. The van der Waals surface area contributed by atoms with Crippen molar-refractivity contribution in [1.29, 1.82) is 0 Å². The summed E-state index contributed by atoms with van der Waals surface area (Å²) in [6, 6.07) is 0. The minimum absolute atomic E-state index is 0.269. The molecule has 2 saturated carbocycles. The number of carbonyl (C=O) groups is 1. The predicted octanol–water partition coefficient (Wildman–Crippen LogP) is 1.57. The lowest BCUT2D eigenvalue weighted by Gasteiger charge is -2.22. The van der Waals surface area contributed by atoms with E-state index in [1.165, 1.54) is 25.7 Å². The van der Waals surface area contributed by atoms with E-state index >= 15 is 0 Å². The van der Waals surface area contributed by atoms with Crippen molar-refractivity contribution in [3.8, 4) is 0 Å². The largest absolute Gasteiger partial charge is 0.393 e. The Morgan fingerprint density at radius 1 is 1.32 bits per heavy atom. The van der Waals surface area contributed by atoms with Crippen LogP contribution >= 0.6 is 12.2 Å². The molecule has 1 amide bonds. The molecule has 0 heterocycles. The van der Waals surface area contributed by atoms with Crippen LogP contribution in [0.3, 0.4) is 0 Å². The first-order valence-electron chi connectivity index (χ1n) is 7.21. The lowest BCUT2D eigenvalue weighted by Crippen LogP contribution is -2.37. The Kier molecular flexibility index (Phi) is 5.16. The number of hydrogen-bond acceptors (Lipinski definition) is 3. The van der Waals surface area contributed by atoms with Crippen molar-refractivity contribution in [2.45, 2.75) is 32.1 Å². The average Bonchev–Trinajstić information content (AvgIpc) is 3.12. The fourth-order valence-electron chi connectivity index (χ4n) is 3.35. The lowest BCUT2D eigenvalue weighted by atomic mass is 10.0. The Labute approximate surface area is 120 Å². The third-order valence-corrected chi connectivity index (χ3v) is 4.65. The molecule has 5 heteroatoms. The summed E-state index contributed by atoms with van der Waals surface area (Å²) in [6.45, 7) is 1.85. The van der Waals surface area contributed by atoms with E-state index in [-0.39, 0.29) is 5.92 Å². The number of rotatable bonds is 7. The molecular formula is C14H24N2O2S. The summed E-state index contributed by atoms with van der Waals surface area (Å²) in [5, 5.41) is 0. The van der Waals surface area contributed by atoms with E-state index in [4.69, 9.17) is 22.7 Å². The van der Waals surface area contributed by atoms with E-state index in [0.29, 0.717) is 48.8 Å². The molecule has 2 aliphatic rings. The van der Waals surface area contributed by atoms with Crippen LogP contribution in [0.15, 0.2) is 0 Å². The molecule has 0 aromatic rings. The molecule has 0 bridgehead atoms. The van der Waals surface area contributed by atoms with Crippen molar-refractivity contribution in [3.05, 3.63) is 0 Å². The topological polar surface area (TPSA) is 55.6 Å². The van der Waals surface area contributed by atoms with Gasteiger partial charge in [-0.2, -0.15) is 0 Å². The van der Waals surface area contributed by atoms with Crippen molar-refractivity contribution >= 4 is 23.1 Å². The van der Waals surface area contributed by atoms with Crippen molar-refractivity contribution < 1.29 is 9.53 Å². The van der Waals surface area contributed by atoms with Crippen LogP contribution in [0.5, 0.6) is 0 Å². The highest BCUT2D eigenvalue weighted by Crippen LogP contribution is 2.56. The smallest absolute Gasteiger partial charge is 0.226 e. The fraction of sp³-hybridized carbons (Fsp3) is 0.857. The van der Waals surface area contributed by atoms with Crippen molar-refractivity contribution in [3.63, 3.8) is 0 Å². The second-order valence-corrected chi connectivity index (χ2v) is 6.20. The molecule has 2 unspecified atom stereocenters. The predicted molar refractivity (Wildman–Crippen MR) is 78.8 cm³/mol. The van der Waals surface area contributed by atoms with Gasteiger partial charge in [0.25, 0.3) is 0 Å². The van der Waals surface area contributed by atoms with Gasteiger partial charge in [-0.25, -0.2) is 0 Å². The Balaban J connectivity index is 1.89. The molecule has 2 rings (SSSR count). The average molecular weight is 284 g/mol. The molecule has 2 N–H and O–H groups in total. The van der Waals surface area contributed by atoms with Gasteiger partial charge in [-0.1, -0.05) is 25.1 Å². The maximum Gasteiger partial charge on any atom is 0.226 e. The number of fused-ring (bicyclic) bond motifs is 1. The first-order valence-corrected chi connectivity index (χ1v) is 7.62. The minimum atomic E-state index is 0.269. The number of nitrogens with zero attached hydrogens (tertiary/aromatic N) is 1. The molecular weight excluding hydrogens is 260 g/mol. The SMILES string of the molecule is COCCN(CCC(N)=S)C(=O)C1C2CCCCC21. The summed E-state index contributed by atoms with van der Waals surface area (Å²) in [5.74, 6) is 1.86. The maximum atomic E-state index is 12.6. The second-order valence-electron chi connectivity index (χ2n) is 5.67. The van der Waals surface area contributed by atoms with E-state index in [0.717, 1.165) is 0 Å². The molecule has 4 nitrogen and oxygen atoms in total.